The number of amides is 1. The number of piperazine rings is 1. The van der Waals surface area contributed by atoms with Crippen molar-refractivity contribution in [1.82, 2.24) is 14.4 Å². The van der Waals surface area contributed by atoms with E-state index in [2.05, 4.69) is 11.8 Å². The molecule has 0 atom stereocenters. The smallest absolute Gasteiger partial charge is 0.259 e. The van der Waals surface area contributed by atoms with Crippen LogP contribution in [0, 0.1) is 5.92 Å². The van der Waals surface area contributed by atoms with Gasteiger partial charge in [-0.25, -0.2) is 0 Å². The van der Waals surface area contributed by atoms with Crippen molar-refractivity contribution in [2.24, 2.45) is 5.92 Å². The van der Waals surface area contributed by atoms with Crippen molar-refractivity contribution in [3.05, 3.63) is 27.7 Å². The van der Waals surface area contributed by atoms with Gasteiger partial charge in [-0.05, 0) is 25.3 Å². The molecule has 1 saturated heterocycles. The molecule has 3 heterocycles. The van der Waals surface area contributed by atoms with E-state index in [0.29, 0.717) is 63.1 Å². The van der Waals surface area contributed by atoms with Crippen LogP contribution in [0.5, 0.6) is 5.75 Å². The molecule has 0 radical (unpaired) electrons. The van der Waals surface area contributed by atoms with Crippen LogP contribution in [0.1, 0.15) is 35.8 Å². The van der Waals surface area contributed by atoms with Gasteiger partial charge in [-0.3, -0.25) is 9.59 Å². The molecule has 0 N–H and O–H groups in total. The fraction of sp³-hybridized carbons (Fsp3) is 0.700. The Bertz CT molecular complexity index is 748. The Morgan fingerprint density at radius 2 is 1.96 bits per heavy atom. The van der Waals surface area contributed by atoms with Gasteiger partial charge in [-0.1, -0.05) is 6.92 Å². The molecule has 3 aliphatic rings. The van der Waals surface area contributed by atoms with E-state index in [-0.39, 0.29) is 11.5 Å². The maximum atomic E-state index is 13.4. The van der Waals surface area contributed by atoms with E-state index < -0.39 is 0 Å². The maximum absolute atomic E-state index is 13.4. The number of pyridine rings is 1. The third kappa shape index (κ3) is 4.04. The lowest BCUT2D eigenvalue weighted by Gasteiger charge is -2.34. The molecule has 4 rings (SSSR count). The van der Waals surface area contributed by atoms with Crippen LogP contribution < -0.4 is 10.3 Å². The van der Waals surface area contributed by atoms with Gasteiger partial charge >= 0.3 is 0 Å². The number of fused-ring (bicyclic) bond motifs is 1. The van der Waals surface area contributed by atoms with Crippen LogP contribution in [-0.4, -0.2) is 72.8 Å². The Morgan fingerprint density at radius 3 is 2.67 bits per heavy atom. The van der Waals surface area contributed by atoms with E-state index in [0.717, 1.165) is 25.3 Å². The van der Waals surface area contributed by atoms with E-state index in [4.69, 9.17) is 9.47 Å². The zero-order valence-corrected chi connectivity index (χ0v) is 16.1. The van der Waals surface area contributed by atoms with Crippen LogP contribution >= 0.6 is 0 Å². The van der Waals surface area contributed by atoms with Crippen molar-refractivity contribution in [3.63, 3.8) is 0 Å². The molecular formula is C20H29N3O4. The summed E-state index contributed by atoms with van der Waals surface area (Å²) in [4.78, 5) is 30.3. The average Bonchev–Trinajstić information content (AvgIpc) is 3.53. The quantitative estimate of drug-likeness (QED) is 0.768. The molecule has 0 spiro atoms. The van der Waals surface area contributed by atoms with Crippen molar-refractivity contribution in [2.45, 2.75) is 32.7 Å². The molecule has 7 nitrogen and oxygen atoms in total. The molecule has 2 aliphatic heterocycles. The fourth-order valence-electron chi connectivity index (χ4n) is 3.86. The van der Waals surface area contributed by atoms with E-state index in [1.807, 2.05) is 4.90 Å². The monoisotopic (exact) mass is 375 g/mol. The van der Waals surface area contributed by atoms with Gasteiger partial charge in [-0.2, -0.15) is 0 Å². The number of rotatable bonds is 5. The second kappa shape index (κ2) is 8.02. The first-order valence-electron chi connectivity index (χ1n) is 10.2. The molecule has 27 heavy (non-hydrogen) atoms. The number of hydrogen-bond donors (Lipinski definition) is 0. The number of carbonyl (C=O) groups is 1. The van der Waals surface area contributed by atoms with E-state index in [1.165, 1.54) is 18.9 Å². The summed E-state index contributed by atoms with van der Waals surface area (Å²) < 4.78 is 13.2. The number of nitrogens with zero attached hydrogens (tertiary/aromatic N) is 3. The van der Waals surface area contributed by atoms with Gasteiger partial charge in [0.05, 0.1) is 19.8 Å². The van der Waals surface area contributed by atoms with Gasteiger partial charge < -0.3 is 23.8 Å². The minimum Gasteiger partial charge on any atom is -0.492 e. The molecule has 1 aromatic rings. The minimum atomic E-state index is -0.103. The summed E-state index contributed by atoms with van der Waals surface area (Å²) in [5.41, 5.74) is 1.24. The van der Waals surface area contributed by atoms with Crippen LogP contribution in [-0.2, 0) is 17.7 Å². The molecule has 1 aliphatic carbocycles. The van der Waals surface area contributed by atoms with Crippen LogP contribution in [0.15, 0.2) is 10.9 Å². The van der Waals surface area contributed by atoms with E-state index in [9.17, 15) is 9.59 Å². The summed E-state index contributed by atoms with van der Waals surface area (Å²) in [7, 11) is 0. The third-order valence-electron chi connectivity index (χ3n) is 5.82. The van der Waals surface area contributed by atoms with Gasteiger partial charge in [0, 0.05) is 50.9 Å². The van der Waals surface area contributed by atoms with Gasteiger partial charge in [0.2, 0.25) is 0 Å². The molecule has 0 unspecified atom stereocenters. The summed E-state index contributed by atoms with van der Waals surface area (Å²) in [5.74, 6) is 1.01. The van der Waals surface area contributed by atoms with Crippen molar-refractivity contribution in [3.8, 4) is 5.75 Å². The highest BCUT2D eigenvalue weighted by Crippen LogP contribution is 2.31. The summed E-state index contributed by atoms with van der Waals surface area (Å²) in [6, 6.07) is 1.51. The fourth-order valence-corrected chi connectivity index (χ4v) is 3.86. The van der Waals surface area contributed by atoms with Crippen LogP contribution in [0.25, 0.3) is 0 Å². The van der Waals surface area contributed by atoms with E-state index >= 15 is 0 Å². The van der Waals surface area contributed by atoms with Crippen LogP contribution in [0.4, 0.5) is 0 Å². The predicted molar refractivity (Wildman–Crippen MR) is 101 cm³/mol. The highest BCUT2D eigenvalue weighted by atomic mass is 16.5. The largest absolute Gasteiger partial charge is 0.492 e. The first kappa shape index (κ1) is 18.5. The molecule has 1 aromatic heterocycles. The topological polar surface area (TPSA) is 64.0 Å². The number of hydrogen-bond acceptors (Lipinski definition) is 5. The highest BCUT2D eigenvalue weighted by molar-refractivity contribution is 5.98. The van der Waals surface area contributed by atoms with Gasteiger partial charge in [-0.15, -0.1) is 0 Å². The maximum Gasteiger partial charge on any atom is 0.259 e. The lowest BCUT2D eigenvalue weighted by atomic mass is 10.1. The van der Waals surface area contributed by atoms with Crippen molar-refractivity contribution in [2.75, 3.05) is 52.5 Å². The Hall–Kier alpha value is -1.86. The summed E-state index contributed by atoms with van der Waals surface area (Å²) in [6.07, 6.45) is 2.89. The predicted octanol–water partition coefficient (Wildman–Crippen LogP) is 0.988. The molecular weight excluding hydrogens is 346 g/mol. The summed E-state index contributed by atoms with van der Waals surface area (Å²) >= 11 is 0. The Balaban J connectivity index is 1.67. The lowest BCUT2D eigenvalue weighted by molar-refractivity contribution is 0.0636. The lowest BCUT2D eigenvalue weighted by Crippen LogP contribution is -2.49. The second-order valence-corrected chi connectivity index (χ2v) is 7.66. The first-order valence-corrected chi connectivity index (χ1v) is 10.2. The standard InChI is InChI=1S/C20H29N3O4/c1-2-21-6-8-22(9-7-21)20(25)19-16-5-11-26-12-10-23(16)18(24)13-17(19)27-14-15-3-4-15/h13,15H,2-12,14H2,1H3. The number of ether oxygens (including phenoxy) is 2. The van der Waals surface area contributed by atoms with Crippen LogP contribution in [0.3, 0.4) is 0 Å². The molecule has 7 heteroatoms. The highest BCUT2D eigenvalue weighted by Gasteiger charge is 2.30. The molecule has 0 aromatic carbocycles. The minimum absolute atomic E-state index is 0.0119. The normalized spacial score (nSPS) is 20.9. The molecule has 0 bridgehead atoms. The zero-order valence-electron chi connectivity index (χ0n) is 16.1. The SMILES string of the molecule is CCN1CCN(C(=O)c2c(OCC3CC3)cc(=O)n3c2CCOCC3)CC1. The Labute approximate surface area is 159 Å². The Morgan fingerprint density at radius 1 is 1.19 bits per heavy atom. The van der Waals surface area contributed by atoms with Gasteiger partial charge in [0.1, 0.15) is 11.3 Å². The number of aromatic nitrogens is 1. The van der Waals surface area contributed by atoms with Crippen LogP contribution in [0.2, 0.25) is 0 Å². The summed E-state index contributed by atoms with van der Waals surface area (Å²) in [6.45, 7) is 8.44. The summed E-state index contributed by atoms with van der Waals surface area (Å²) in [5, 5.41) is 0. The second-order valence-electron chi connectivity index (χ2n) is 7.66. The molecule has 2 fully saturated rings. The van der Waals surface area contributed by atoms with E-state index in [1.54, 1.807) is 4.57 Å². The van der Waals surface area contributed by atoms with Gasteiger partial charge in [0.25, 0.3) is 11.5 Å². The zero-order chi connectivity index (χ0) is 18.8. The Kier molecular flexibility index (Phi) is 5.50. The average molecular weight is 375 g/mol. The van der Waals surface area contributed by atoms with Crippen molar-refractivity contribution >= 4 is 5.91 Å². The first-order chi connectivity index (χ1) is 13.2. The number of likely N-dealkylation sites (N-methyl/N-ethyl adjacent to an activating group) is 1. The third-order valence-corrected chi connectivity index (χ3v) is 5.82. The van der Waals surface area contributed by atoms with Gasteiger partial charge in [0.15, 0.2) is 0 Å². The molecule has 1 saturated carbocycles. The molecule has 148 valence electrons. The van der Waals surface area contributed by atoms with Crippen molar-refractivity contribution in [1.29, 1.82) is 0 Å². The molecule has 1 amide bonds. The number of carbonyl (C=O) groups excluding carboxylic acids is 1. The van der Waals surface area contributed by atoms with Crippen molar-refractivity contribution < 1.29 is 14.3 Å².